The number of ether oxygens (including phenoxy) is 1. The minimum atomic E-state index is -3.44. The van der Waals surface area contributed by atoms with Gasteiger partial charge in [-0.05, 0) is 37.6 Å². The zero-order chi connectivity index (χ0) is 13.0. The molecule has 1 saturated heterocycles. The Morgan fingerprint density at radius 2 is 2.33 bits per heavy atom. The van der Waals surface area contributed by atoms with Crippen LogP contribution in [0.1, 0.15) is 6.42 Å². The first-order chi connectivity index (χ1) is 8.62. The number of methoxy groups -OCH3 is 1. The van der Waals surface area contributed by atoms with Gasteiger partial charge in [-0.3, -0.25) is 0 Å². The number of hydrogen-bond acceptors (Lipinski definition) is 4. The van der Waals surface area contributed by atoms with E-state index >= 15 is 0 Å². The molecule has 0 saturated carbocycles. The zero-order valence-corrected chi connectivity index (χ0v) is 11.2. The molecule has 1 aromatic rings. The molecule has 0 aromatic heterocycles. The molecule has 2 N–H and O–H groups in total. The summed E-state index contributed by atoms with van der Waals surface area (Å²) in [6, 6.07) is 6.48. The van der Waals surface area contributed by atoms with Gasteiger partial charge in [0.05, 0.1) is 12.0 Å². The summed E-state index contributed by atoms with van der Waals surface area (Å²) in [6.07, 6.45) is 1.01. The van der Waals surface area contributed by atoms with Crippen LogP contribution in [0.15, 0.2) is 29.2 Å². The van der Waals surface area contributed by atoms with Gasteiger partial charge < -0.3 is 10.1 Å². The SMILES string of the molecule is COc1cccc(S(=O)(=O)NCC2CCNC2)c1. The molecule has 1 atom stereocenters. The highest BCUT2D eigenvalue weighted by Crippen LogP contribution is 2.17. The van der Waals surface area contributed by atoms with E-state index in [9.17, 15) is 8.42 Å². The molecule has 1 aromatic carbocycles. The van der Waals surface area contributed by atoms with Gasteiger partial charge in [0.25, 0.3) is 0 Å². The van der Waals surface area contributed by atoms with Gasteiger partial charge in [0.15, 0.2) is 0 Å². The van der Waals surface area contributed by atoms with Crippen LogP contribution in [0.3, 0.4) is 0 Å². The zero-order valence-electron chi connectivity index (χ0n) is 10.3. The van der Waals surface area contributed by atoms with Crippen LogP contribution in [0.2, 0.25) is 0 Å². The van der Waals surface area contributed by atoms with Crippen molar-refractivity contribution in [3.05, 3.63) is 24.3 Å². The van der Waals surface area contributed by atoms with E-state index in [0.717, 1.165) is 19.5 Å². The quantitative estimate of drug-likeness (QED) is 0.821. The van der Waals surface area contributed by atoms with Crippen molar-refractivity contribution in [3.63, 3.8) is 0 Å². The highest BCUT2D eigenvalue weighted by molar-refractivity contribution is 7.89. The average Bonchev–Trinajstić information content (AvgIpc) is 2.90. The van der Waals surface area contributed by atoms with Crippen LogP contribution in [0.4, 0.5) is 0 Å². The van der Waals surface area contributed by atoms with Gasteiger partial charge in [-0.2, -0.15) is 0 Å². The highest BCUT2D eigenvalue weighted by atomic mass is 32.2. The molecule has 1 aliphatic rings. The predicted octanol–water partition coefficient (Wildman–Crippen LogP) is 0.583. The first-order valence-corrected chi connectivity index (χ1v) is 7.44. The molecule has 1 heterocycles. The Bertz CT molecular complexity index is 496. The highest BCUT2D eigenvalue weighted by Gasteiger charge is 2.19. The molecule has 1 aliphatic heterocycles. The molecule has 2 rings (SSSR count). The molecule has 6 heteroatoms. The number of benzene rings is 1. The van der Waals surface area contributed by atoms with Gasteiger partial charge in [-0.25, -0.2) is 13.1 Å². The molecule has 1 unspecified atom stereocenters. The van der Waals surface area contributed by atoms with Crippen molar-refractivity contribution in [2.24, 2.45) is 5.92 Å². The minimum Gasteiger partial charge on any atom is -0.497 e. The molecule has 0 amide bonds. The molecule has 18 heavy (non-hydrogen) atoms. The van der Waals surface area contributed by atoms with E-state index in [1.165, 1.54) is 13.2 Å². The van der Waals surface area contributed by atoms with E-state index in [1.807, 2.05) is 0 Å². The summed E-state index contributed by atoms with van der Waals surface area (Å²) in [4.78, 5) is 0.243. The number of rotatable bonds is 5. The topological polar surface area (TPSA) is 67.4 Å². The normalized spacial score (nSPS) is 19.9. The largest absolute Gasteiger partial charge is 0.497 e. The average molecular weight is 270 g/mol. The van der Waals surface area contributed by atoms with Crippen LogP contribution >= 0.6 is 0 Å². The number of nitrogens with one attached hydrogen (secondary N) is 2. The van der Waals surface area contributed by atoms with E-state index in [0.29, 0.717) is 18.2 Å². The van der Waals surface area contributed by atoms with Gasteiger partial charge in [0.2, 0.25) is 10.0 Å². The van der Waals surface area contributed by atoms with Gasteiger partial charge in [0, 0.05) is 12.6 Å². The third kappa shape index (κ3) is 3.22. The second-order valence-electron chi connectivity index (χ2n) is 4.39. The molecular formula is C12H18N2O3S. The van der Waals surface area contributed by atoms with Crippen LogP contribution in [-0.4, -0.2) is 35.2 Å². The maximum atomic E-state index is 12.1. The third-order valence-corrected chi connectivity index (χ3v) is 4.50. The first kappa shape index (κ1) is 13.3. The van der Waals surface area contributed by atoms with Crippen molar-refractivity contribution in [3.8, 4) is 5.75 Å². The van der Waals surface area contributed by atoms with Gasteiger partial charge in [0.1, 0.15) is 5.75 Å². The maximum Gasteiger partial charge on any atom is 0.240 e. The number of hydrogen-bond donors (Lipinski definition) is 2. The van der Waals surface area contributed by atoms with Gasteiger partial charge in [-0.15, -0.1) is 0 Å². The van der Waals surface area contributed by atoms with Crippen LogP contribution in [0, 0.1) is 5.92 Å². The molecule has 0 radical (unpaired) electrons. The second kappa shape index (κ2) is 5.69. The Kier molecular flexibility index (Phi) is 4.21. The van der Waals surface area contributed by atoms with Crippen LogP contribution < -0.4 is 14.8 Å². The first-order valence-electron chi connectivity index (χ1n) is 5.96. The van der Waals surface area contributed by atoms with E-state index in [2.05, 4.69) is 10.0 Å². The molecule has 0 spiro atoms. The summed E-state index contributed by atoms with van der Waals surface area (Å²) in [5.41, 5.74) is 0. The minimum absolute atomic E-state index is 0.243. The fourth-order valence-corrected chi connectivity index (χ4v) is 3.12. The van der Waals surface area contributed by atoms with Crippen LogP contribution in [0.25, 0.3) is 0 Å². The smallest absolute Gasteiger partial charge is 0.240 e. The van der Waals surface area contributed by atoms with E-state index in [1.54, 1.807) is 18.2 Å². The Morgan fingerprint density at radius 3 is 3.00 bits per heavy atom. The van der Waals surface area contributed by atoms with Gasteiger partial charge >= 0.3 is 0 Å². The fourth-order valence-electron chi connectivity index (χ4n) is 1.97. The summed E-state index contributed by atoms with van der Waals surface area (Å²) >= 11 is 0. The summed E-state index contributed by atoms with van der Waals surface area (Å²) in [7, 11) is -1.92. The Morgan fingerprint density at radius 1 is 1.50 bits per heavy atom. The Balaban J connectivity index is 2.04. The van der Waals surface area contributed by atoms with Crippen molar-refractivity contribution in [1.82, 2.24) is 10.0 Å². The lowest BCUT2D eigenvalue weighted by Gasteiger charge is -2.11. The lowest BCUT2D eigenvalue weighted by molar-refractivity contribution is 0.413. The summed E-state index contributed by atoms with van der Waals surface area (Å²) in [6.45, 7) is 2.32. The summed E-state index contributed by atoms with van der Waals surface area (Å²) < 4.78 is 31.8. The van der Waals surface area contributed by atoms with E-state index < -0.39 is 10.0 Å². The third-order valence-electron chi connectivity index (χ3n) is 3.08. The van der Waals surface area contributed by atoms with Crippen LogP contribution in [-0.2, 0) is 10.0 Å². The lowest BCUT2D eigenvalue weighted by Crippen LogP contribution is -2.30. The molecule has 1 fully saturated rings. The standard InChI is InChI=1S/C12H18N2O3S/c1-17-11-3-2-4-12(7-11)18(15,16)14-9-10-5-6-13-8-10/h2-4,7,10,13-14H,5-6,8-9H2,1H3. The van der Waals surface area contributed by atoms with Gasteiger partial charge in [-0.1, -0.05) is 6.07 Å². The second-order valence-corrected chi connectivity index (χ2v) is 6.16. The summed E-state index contributed by atoms with van der Waals surface area (Å²) in [5, 5.41) is 3.21. The van der Waals surface area contributed by atoms with Crippen molar-refractivity contribution < 1.29 is 13.2 Å². The monoisotopic (exact) mass is 270 g/mol. The van der Waals surface area contributed by atoms with Crippen LogP contribution in [0.5, 0.6) is 5.75 Å². The van der Waals surface area contributed by atoms with Crippen molar-refractivity contribution in [1.29, 1.82) is 0 Å². The molecule has 5 nitrogen and oxygen atoms in total. The molecule has 100 valence electrons. The Labute approximate surface area is 108 Å². The van der Waals surface area contributed by atoms with E-state index in [-0.39, 0.29) is 4.90 Å². The molecule has 0 bridgehead atoms. The number of sulfonamides is 1. The molecular weight excluding hydrogens is 252 g/mol. The summed E-state index contributed by atoms with van der Waals surface area (Å²) in [5.74, 6) is 0.922. The fraction of sp³-hybridized carbons (Fsp3) is 0.500. The lowest BCUT2D eigenvalue weighted by atomic mass is 10.1. The predicted molar refractivity (Wildman–Crippen MR) is 69.2 cm³/mol. The maximum absolute atomic E-state index is 12.1. The van der Waals surface area contributed by atoms with Crippen molar-refractivity contribution in [2.45, 2.75) is 11.3 Å². The van der Waals surface area contributed by atoms with Crippen molar-refractivity contribution in [2.75, 3.05) is 26.7 Å². The van der Waals surface area contributed by atoms with Crippen molar-refractivity contribution >= 4 is 10.0 Å². The Hall–Kier alpha value is -1.11. The van der Waals surface area contributed by atoms with E-state index in [4.69, 9.17) is 4.74 Å². The molecule has 0 aliphatic carbocycles.